The van der Waals surface area contributed by atoms with Gasteiger partial charge in [0, 0.05) is 24.8 Å². The van der Waals surface area contributed by atoms with Crippen molar-refractivity contribution >= 4 is 11.9 Å². The van der Waals surface area contributed by atoms with Crippen molar-refractivity contribution < 1.29 is 19.1 Å². The van der Waals surface area contributed by atoms with Crippen molar-refractivity contribution in [3.8, 4) is 0 Å². The zero-order valence-corrected chi connectivity index (χ0v) is 15.6. The molecule has 0 N–H and O–H groups in total. The average molecular weight is 358 g/mol. The van der Waals surface area contributed by atoms with Crippen LogP contribution >= 0.6 is 0 Å². The van der Waals surface area contributed by atoms with Crippen LogP contribution in [0.3, 0.4) is 0 Å². The Balaban J connectivity index is 0.000000263. The van der Waals surface area contributed by atoms with Crippen LogP contribution in [0.5, 0.6) is 0 Å². The van der Waals surface area contributed by atoms with Gasteiger partial charge in [-0.2, -0.15) is 0 Å². The first-order chi connectivity index (χ1) is 12.6. The molecule has 0 spiro atoms. The van der Waals surface area contributed by atoms with E-state index in [1.165, 1.54) is 0 Å². The van der Waals surface area contributed by atoms with Crippen LogP contribution in [0.4, 0.5) is 0 Å². The maximum absolute atomic E-state index is 11.5. The summed E-state index contributed by atoms with van der Waals surface area (Å²) in [5, 5.41) is 0. The Morgan fingerprint density at radius 1 is 0.962 bits per heavy atom. The third-order valence-electron chi connectivity index (χ3n) is 3.44. The van der Waals surface area contributed by atoms with Crippen molar-refractivity contribution in [3.05, 3.63) is 60.2 Å². The van der Waals surface area contributed by atoms with Gasteiger partial charge in [0.05, 0.1) is 25.6 Å². The van der Waals surface area contributed by atoms with Gasteiger partial charge in [-0.3, -0.25) is 19.6 Å². The molecule has 0 fully saturated rings. The highest BCUT2D eigenvalue weighted by Crippen LogP contribution is 2.19. The molecule has 2 aromatic heterocycles. The predicted molar refractivity (Wildman–Crippen MR) is 98.5 cm³/mol. The van der Waals surface area contributed by atoms with Crippen LogP contribution in [0.25, 0.3) is 0 Å². The molecule has 2 rings (SSSR count). The van der Waals surface area contributed by atoms with E-state index < -0.39 is 0 Å². The molecule has 6 heteroatoms. The SMILES string of the molecule is CCOC(=O)C(CC)c1cccnc1.CCOC(=O)Cc1cccnc1. The highest BCUT2D eigenvalue weighted by Gasteiger charge is 2.19. The predicted octanol–water partition coefficient (Wildman–Crippen LogP) is 3.33. The second-order valence-corrected chi connectivity index (χ2v) is 5.34. The zero-order chi connectivity index (χ0) is 19.2. The van der Waals surface area contributed by atoms with Crippen LogP contribution in [-0.2, 0) is 25.5 Å². The van der Waals surface area contributed by atoms with Gasteiger partial charge in [0.15, 0.2) is 0 Å². The molecule has 0 bridgehead atoms. The van der Waals surface area contributed by atoms with E-state index >= 15 is 0 Å². The molecule has 2 aromatic rings. The van der Waals surface area contributed by atoms with Crippen LogP contribution < -0.4 is 0 Å². The van der Waals surface area contributed by atoms with E-state index in [-0.39, 0.29) is 17.9 Å². The van der Waals surface area contributed by atoms with Crippen LogP contribution in [0.15, 0.2) is 49.1 Å². The number of hydrogen-bond acceptors (Lipinski definition) is 6. The van der Waals surface area contributed by atoms with Gasteiger partial charge in [-0.15, -0.1) is 0 Å². The molecule has 0 aliphatic rings. The van der Waals surface area contributed by atoms with E-state index in [4.69, 9.17) is 9.47 Å². The molecule has 1 atom stereocenters. The van der Waals surface area contributed by atoms with Gasteiger partial charge in [0.25, 0.3) is 0 Å². The van der Waals surface area contributed by atoms with E-state index in [2.05, 4.69) is 9.97 Å². The van der Waals surface area contributed by atoms with E-state index in [9.17, 15) is 9.59 Å². The maximum Gasteiger partial charge on any atom is 0.313 e. The molecular weight excluding hydrogens is 332 g/mol. The number of carbonyl (C=O) groups excluding carboxylic acids is 2. The summed E-state index contributed by atoms with van der Waals surface area (Å²) in [5.41, 5.74) is 1.81. The fraction of sp³-hybridized carbons (Fsp3) is 0.400. The lowest BCUT2D eigenvalue weighted by atomic mass is 9.98. The molecule has 0 aromatic carbocycles. The zero-order valence-electron chi connectivity index (χ0n) is 15.6. The Hall–Kier alpha value is -2.76. The van der Waals surface area contributed by atoms with E-state index in [1.54, 1.807) is 37.8 Å². The van der Waals surface area contributed by atoms with Crippen LogP contribution in [0, 0.1) is 0 Å². The van der Waals surface area contributed by atoms with Gasteiger partial charge in [-0.05, 0) is 43.5 Å². The van der Waals surface area contributed by atoms with E-state index in [1.807, 2.05) is 32.0 Å². The number of carbonyl (C=O) groups is 2. The summed E-state index contributed by atoms with van der Waals surface area (Å²) >= 11 is 0. The monoisotopic (exact) mass is 358 g/mol. The number of nitrogens with zero attached hydrogens (tertiary/aromatic N) is 2. The number of pyridine rings is 2. The minimum Gasteiger partial charge on any atom is -0.466 e. The van der Waals surface area contributed by atoms with Crippen molar-refractivity contribution in [2.24, 2.45) is 0 Å². The molecule has 2 heterocycles. The number of hydrogen-bond donors (Lipinski definition) is 0. The van der Waals surface area contributed by atoms with Crippen molar-refractivity contribution in [3.63, 3.8) is 0 Å². The molecule has 0 saturated carbocycles. The smallest absolute Gasteiger partial charge is 0.313 e. The van der Waals surface area contributed by atoms with E-state index in [0.29, 0.717) is 19.6 Å². The van der Waals surface area contributed by atoms with Gasteiger partial charge < -0.3 is 9.47 Å². The number of aromatic nitrogens is 2. The lowest BCUT2D eigenvalue weighted by molar-refractivity contribution is -0.145. The quantitative estimate of drug-likeness (QED) is 0.707. The highest BCUT2D eigenvalue weighted by atomic mass is 16.5. The molecule has 0 radical (unpaired) electrons. The number of esters is 2. The van der Waals surface area contributed by atoms with Crippen LogP contribution in [-0.4, -0.2) is 35.1 Å². The summed E-state index contributed by atoms with van der Waals surface area (Å²) in [5.74, 6) is -0.544. The molecule has 140 valence electrons. The Bertz CT molecular complexity index is 647. The Morgan fingerprint density at radius 3 is 2.12 bits per heavy atom. The normalized spacial score (nSPS) is 10.9. The summed E-state index contributed by atoms with van der Waals surface area (Å²) in [4.78, 5) is 30.4. The fourth-order valence-corrected chi connectivity index (χ4v) is 2.24. The molecule has 0 amide bonds. The minimum absolute atomic E-state index is 0.164. The second kappa shape index (κ2) is 12.6. The molecule has 0 aliphatic heterocycles. The van der Waals surface area contributed by atoms with Crippen molar-refractivity contribution in [1.82, 2.24) is 9.97 Å². The second-order valence-electron chi connectivity index (χ2n) is 5.34. The molecule has 6 nitrogen and oxygen atoms in total. The first kappa shape index (κ1) is 21.3. The first-order valence-corrected chi connectivity index (χ1v) is 8.73. The highest BCUT2D eigenvalue weighted by molar-refractivity contribution is 5.77. The van der Waals surface area contributed by atoms with Gasteiger partial charge in [-0.25, -0.2) is 0 Å². The summed E-state index contributed by atoms with van der Waals surface area (Å²) in [6.45, 7) is 6.43. The van der Waals surface area contributed by atoms with Crippen LogP contribution in [0.2, 0.25) is 0 Å². The molecular formula is C20H26N2O4. The third-order valence-corrected chi connectivity index (χ3v) is 3.44. The lowest BCUT2D eigenvalue weighted by Gasteiger charge is -2.12. The van der Waals surface area contributed by atoms with Gasteiger partial charge in [-0.1, -0.05) is 19.1 Å². The summed E-state index contributed by atoms with van der Waals surface area (Å²) in [7, 11) is 0. The third kappa shape index (κ3) is 7.88. The summed E-state index contributed by atoms with van der Waals surface area (Å²) in [6.07, 6.45) is 7.80. The Morgan fingerprint density at radius 2 is 1.62 bits per heavy atom. The number of rotatable bonds is 7. The maximum atomic E-state index is 11.5. The minimum atomic E-state index is -0.203. The summed E-state index contributed by atoms with van der Waals surface area (Å²) in [6, 6.07) is 7.38. The van der Waals surface area contributed by atoms with E-state index in [0.717, 1.165) is 17.5 Å². The van der Waals surface area contributed by atoms with Gasteiger partial charge in [0.2, 0.25) is 0 Å². The Kier molecular flexibility index (Phi) is 10.3. The largest absolute Gasteiger partial charge is 0.466 e. The standard InChI is InChI=1S/C11H15NO2.C9H11NO2/c1-3-10(11(13)14-4-2)9-6-5-7-12-8-9;1-2-12-9(11)6-8-4-3-5-10-7-8/h5-8,10H,3-4H2,1-2H3;3-5,7H,2,6H2,1H3. The molecule has 0 saturated heterocycles. The first-order valence-electron chi connectivity index (χ1n) is 8.73. The van der Waals surface area contributed by atoms with Crippen LogP contribution in [0.1, 0.15) is 44.2 Å². The van der Waals surface area contributed by atoms with Crippen molar-refractivity contribution in [2.45, 2.75) is 39.5 Å². The summed E-state index contributed by atoms with van der Waals surface area (Å²) < 4.78 is 9.76. The average Bonchev–Trinajstić information content (AvgIpc) is 2.65. The fourth-order valence-electron chi connectivity index (χ4n) is 2.24. The molecule has 1 unspecified atom stereocenters. The van der Waals surface area contributed by atoms with Gasteiger partial charge in [0.1, 0.15) is 0 Å². The van der Waals surface area contributed by atoms with Crippen molar-refractivity contribution in [2.75, 3.05) is 13.2 Å². The molecule has 0 aliphatic carbocycles. The lowest BCUT2D eigenvalue weighted by Crippen LogP contribution is -2.15. The molecule has 26 heavy (non-hydrogen) atoms. The van der Waals surface area contributed by atoms with Crippen molar-refractivity contribution in [1.29, 1.82) is 0 Å². The van der Waals surface area contributed by atoms with Gasteiger partial charge >= 0.3 is 11.9 Å². The Labute approximate surface area is 154 Å². The topological polar surface area (TPSA) is 78.4 Å². The number of ether oxygens (including phenoxy) is 2.